The average molecular weight is 655 g/mol. The minimum absolute atomic E-state index is 0.00979. The molecule has 1 aliphatic rings. The molecule has 1 aliphatic heterocycles. The summed E-state index contributed by atoms with van der Waals surface area (Å²) in [5.74, 6) is -0.476. The Balaban J connectivity index is 1.54. The lowest BCUT2D eigenvalue weighted by Crippen LogP contribution is -2.48. The predicted molar refractivity (Wildman–Crippen MR) is 181 cm³/mol. The van der Waals surface area contributed by atoms with Crippen LogP contribution in [0.25, 0.3) is 10.8 Å². The van der Waals surface area contributed by atoms with Crippen LogP contribution >= 0.6 is 0 Å². The van der Waals surface area contributed by atoms with Gasteiger partial charge in [-0.1, -0.05) is 59.7 Å². The van der Waals surface area contributed by atoms with E-state index in [2.05, 4.69) is 78.0 Å². The highest BCUT2D eigenvalue weighted by Crippen LogP contribution is 2.42. The molecule has 2 heterocycles. The first-order valence-corrected chi connectivity index (χ1v) is 21.1. The van der Waals surface area contributed by atoms with E-state index in [0.717, 1.165) is 0 Å². The normalized spacial score (nSPS) is 19.6. The van der Waals surface area contributed by atoms with Gasteiger partial charge in [-0.25, -0.2) is 4.79 Å². The van der Waals surface area contributed by atoms with E-state index in [1.807, 2.05) is 0 Å². The number of carbonyl (C=O) groups excluding carboxylic acids is 1. The number of amides is 1. The fourth-order valence-electron chi connectivity index (χ4n) is 4.65. The van der Waals surface area contributed by atoms with E-state index in [-0.39, 0.29) is 39.4 Å². The maximum atomic E-state index is 13.2. The number of anilines is 1. The monoisotopic (exact) mass is 654 g/mol. The van der Waals surface area contributed by atoms with Gasteiger partial charge in [-0.3, -0.25) is 19.5 Å². The summed E-state index contributed by atoms with van der Waals surface area (Å²) in [7, 11) is -4.23. The summed E-state index contributed by atoms with van der Waals surface area (Å²) in [4.78, 5) is 41.4. The number of ether oxygens (including phenoxy) is 1. The third kappa shape index (κ3) is 7.60. The number of nitro groups is 1. The van der Waals surface area contributed by atoms with Gasteiger partial charge in [0.15, 0.2) is 16.6 Å². The van der Waals surface area contributed by atoms with Crippen LogP contribution in [-0.4, -0.2) is 55.8 Å². The molecule has 11 nitrogen and oxygen atoms in total. The van der Waals surface area contributed by atoms with Crippen molar-refractivity contribution in [1.82, 2.24) is 9.55 Å². The number of non-ortho nitro benzene ring substituents is 1. The van der Waals surface area contributed by atoms with E-state index in [4.69, 9.17) is 13.6 Å². The van der Waals surface area contributed by atoms with Crippen LogP contribution in [0.2, 0.25) is 36.3 Å². The molecule has 0 spiro atoms. The van der Waals surface area contributed by atoms with Crippen LogP contribution in [0.1, 0.15) is 64.5 Å². The van der Waals surface area contributed by atoms with Crippen LogP contribution in [0.15, 0.2) is 53.5 Å². The molecule has 3 aromatic rings. The van der Waals surface area contributed by atoms with Crippen LogP contribution in [0, 0.1) is 10.1 Å². The van der Waals surface area contributed by atoms with Crippen LogP contribution in [0.3, 0.4) is 0 Å². The van der Waals surface area contributed by atoms with Crippen molar-refractivity contribution in [2.45, 2.75) is 103 Å². The van der Waals surface area contributed by atoms with E-state index in [1.165, 1.54) is 22.8 Å². The van der Waals surface area contributed by atoms with E-state index in [9.17, 15) is 19.7 Å². The zero-order chi connectivity index (χ0) is 33.5. The highest BCUT2D eigenvalue weighted by atomic mass is 28.4. The maximum absolute atomic E-state index is 13.2. The Hall–Kier alpha value is -3.24. The van der Waals surface area contributed by atoms with E-state index in [0.29, 0.717) is 23.8 Å². The second-order valence-corrected chi connectivity index (χ2v) is 24.3. The molecule has 4 rings (SSSR count). The first-order valence-electron chi connectivity index (χ1n) is 15.3. The number of rotatable bonds is 9. The number of hydrogen-bond donors (Lipinski definition) is 1. The Morgan fingerprint density at radius 1 is 1.07 bits per heavy atom. The summed E-state index contributed by atoms with van der Waals surface area (Å²) < 4.78 is 21.2. The van der Waals surface area contributed by atoms with Crippen molar-refractivity contribution in [2.24, 2.45) is 0 Å². The van der Waals surface area contributed by atoms with E-state index < -0.39 is 39.4 Å². The van der Waals surface area contributed by atoms with Gasteiger partial charge in [0.05, 0.1) is 23.0 Å². The number of nitro benzene ring substituents is 1. The molecule has 1 amide bonds. The largest absolute Gasteiger partial charge is 0.414 e. The van der Waals surface area contributed by atoms with E-state index in [1.54, 1.807) is 30.5 Å². The first-order chi connectivity index (χ1) is 20.7. The SMILES string of the molecule is CC(C)(C)[Si](C)(C)OC[C@H]1O[C@@H](n2ccc(NC(=O)c3ccc4cccc([N+](=O)[O-])c4c3)nc2=O)C[C@@H]1O[Si](C)(C)C(C)(C)C. The van der Waals surface area contributed by atoms with Crippen LogP contribution in [0.5, 0.6) is 0 Å². The lowest BCUT2D eigenvalue weighted by Gasteiger charge is -2.40. The van der Waals surface area contributed by atoms with Crippen molar-refractivity contribution in [3.05, 3.63) is 74.8 Å². The second-order valence-electron chi connectivity index (χ2n) is 14.8. The summed E-state index contributed by atoms with van der Waals surface area (Å²) in [6.07, 6.45) is 0.784. The zero-order valence-corrected chi connectivity index (χ0v) is 30.0. The van der Waals surface area contributed by atoms with Crippen molar-refractivity contribution >= 4 is 44.8 Å². The Kier molecular flexibility index (Phi) is 9.63. The molecule has 13 heteroatoms. The maximum Gasteiger partial charge on any atom is 0.351 e. The van der Waals surface area contributed by atoms with Gasteiger partial charge in [0.2, 0.25) is 0 Å². The topological polar surface area (TPSA) is 135 Å². The minimum atomic E-state index is -2.17. The number of hydrogen-bond acceptors (Lipinski definition) is 8. The van der Waals surface area contributed by atoms with E-state index >= 15 is 0 Å². The predicted octanol–water partition coefficient (Wildman–Crippen LogP) is 7.26. The standard InChI is InChI=1S/C32H46N4O7Si2/c1-31(2,3)44(7,8)41-20-26-25(43-45(9,10)32(4,5)6)19-28(42-26)35-17-16-27(34-30(35)38)33-29(37)22-15-14-21-12-11-13-24(36(39)40)23(21)18-22/h11-18,25-26,28H,19-20H2,1-10H3,(H,33,34,37,38)/t25-,26+,28+/m0/s1. The molecule has 1 saturated heterocycles. The molecule has 2 aromatic carbocycles. The van der Waals surface area contributed by atoms with Crippen molar-refractivity contribution in [1.29, 1.82) is 0 Å². The molecule has 0 saturated carbocycles. The summed E-state index contributed by atoms with van der Waals surface area (Å²) in [6.45, 7) is 22.3. The van der Waals surface area contributed by atoms with Crippen molar-refractivity contribution in [3.8, 4) is 0 Å². The lowest BCUT2D eigenvalue weighted by atomic mass is 10.0. The number of aromatic nitrogens is 2. The fourth-order valence-corrected chi connectivity index (χ4v) is 7.03. The van der Waals surface area contributed by atoms with Gasteiger partial charge in [-0.15, -0.1) is 0 Å². The molecule has 0 aliphatic carbocycles. The van der Waals surface area contributed by atoms with Gasteiger partial charge >= 0.3 is 5.69 Å². The van der Waals surface area contributed by atoms with Gasteiger partial charge in [0.1, 0.15) is 18.1 Å². The highest BCUT2D eigenvalue weighted by molar-refractivity contribution is 6.74. The third-order valence-corrected chi connectivity index (χ3v) is 18.6. The van der Waals surface area contributed by atoms with Gasteiger partial charge in [-0.2, -0.15) is 4.98 Å². The van der Waals surface area contributed by atoms with Gasteiger partial charge < -0.3 is 18.9 Å². The third-order valence-electron chi connectivity index (χ3n) is 9.55. The Morgan fingerprint density at radius 2 is 1.73 bits per heavy atom. The molecule has 45 heavy (non-hydrogen) atoms. The number of fused-ring (bicyclic) bond motifs is 1. The molecule has 3 atom stereocenters. The quantitative estimate of drug-likeness (QED) is 0.145. The second kappa shape index (κ2) is 12.5. The number of benzene rings is 2. The molecule has 0 unspecified atom stereocenters. The first kappa shape index (κ1) is 34.6. The van der Waals surface area contributed by atoms with Gasteiger partial charge in [0.25, 0.3) is 11.6 Å². The number of nitrogens with zero attached hydrogens (tertiary/aromatic N) is 3. The Bertz CT molecular complexity index is 1640. The van der Waals surface area contributed by atoms with Crippen LogP contribution < -0.4 is 11.0 Å². The van der Waals surface area contributed by atoms with Crippen molar-refractivity contribution < 1.29 is 23.3 Å². The minimum Gasteiger partial charge on any atom is -0.414 e. The van der Waals surface area contributed by atoms with Crippen molar-refractivity contribution in [2.75, 3.05) is 11.9 Å². The van der Waals surface area contributed by atoms with Gasteiger partial charge in [0, 0.05) is 24.2 Å². The number of carbonyl (C=O) groups is 1. The van der Waals surface area contributed by atoms with Crippen LogP contribution in [0.4, 0.5) is 11.5 Å². The molecule has 0 bridgehead atoms. The Morgan fingerprint density at radius 3 is 2.33 bits per heavy atom. The lowest BCUT2D eigenvalue weighted by molar-refractivity contribution is -0.383. The smallest absolute Gasteiger partial charge is 0.351 e. The highest BCUT2D eigenvalue weighted by Gasteiger charge is 2.46. The Labute approximate surface area is 266 Å². The summed E-state index contributed by atoms with van der Waals surface area (Å²) in [5, 5.41) is 15.1. The average Bonchev–Trinajstić information content (AvgIpc) is 3.31. The molecular formula is C32H46N4O7Si2. The number of nitrogens with one attached hydrogen (secondary N) is 1. The molecule has 1 fully saturated rings. The van der Waals surface area contributed by atoms with Crippen LogP contribution in [-0.2, 0) is 13.6 Å². The summed E-state index contributed by atoms with van der Waals surface area (Å²) >= 11 is 0. The molecule has 1 N–H and O–H groups in total. The molecule has 0 radical (unpaired) electrons. The molecular weight excluding hydrogens is 609 g/mol. The van der Waals surface area contributed by atoms with Crippen molar-refractivity contribution in [3.63, 3.8) is 0 Å². The fraction of sp³-hybridized carbons (Fsp3) is 0.531. The summed E-state index contributed by atoms with van der Waals surface area (Å²) in [6, 6.07) is 10.9. The molecule has 244 valence electrons. The zero-order valence-electron chi connectivity index (χ0n) is 28.0. The molecule has 1 aromatic heterocycles. The summed E-state index contributed by atoms with van der Waals surface area (Å²) in [5.41, 5.74) is -0.468. The van der Waals surface area contributed by atoms with Gasteiger partial charge in [-0.05, 0) is 59.8 Å².